The van der Waals surface area contributed by atoms with E-state index >= 15 is 0 Å². The van der Waals surface area contributed by atoms with Crippen LogP contribution in [0.25, 0.3) is 0 Å². The van der Waals surface area contributed by atoms with E-state index in [-0.39, 0.29) is 0 Å². The quantitative estimate of drug-likeness (QED) is 0.783. The fraction of sp³-hybridized carbons (Fsp3) is 0.400. The Hall–Kier alpha value is -1.99. The summed E-state index contributed by atoms with van der Waals surface area (Å²) < 4.78 is 55.4. The highest BCUT2D eigenvalue weighted by molar-refractivity contribution is 7.92. The fourth-order valence-corrected chi connectivity index (χ4v) is 4.85. The Morgan fingerprint density at radius 3 is 2.30 bits per heavy atom. The van der Waals surface area contributed by atoms with Crippen LogP contribution in [0.1, 0.15) is 37.7 Å². The predicted molar refractivity (Wildman–Crippen MR) is 102 cm³/mol. The lowest BCUT2D eigenvalue weighted by atomic mass is 9.94. The standard InChI is InChI=1S/C20H24F2N2O2S/c1-24(16-9-3-2-4-10-16)14-15-8-5-6-13-19(15)23-27(25,26)20-17(21)11-7-12-18(20)22/h5-8,11-13,16,23H,2-4,9-10,14H2,1H3. The summed E-state index contributed by atoms with van der Waals surface area (Å²) >= 11 is 0. The average molecular weight is 394 g/mol. The molecule has 2 aromatic rings. The third-order valence-electron chi connectivity index (χ3n) is 5.07. The Morgan fingerprint density at radius 1 is 1.00 bits per heavy atom. The van der Waals surface area contributed by atoms with Gasteiger partial charge in [0.2, 0.25) is 0 Å². The van der Waals surface area contributed by atoms with Crippen molar-refractivity contribution in [1.29, 1.82) is 0 Å². The normalized spacial score (nSPS) is 15.9. The smallest absolute Gasteiger partial charge is 0.267 e. The van der Waals surface area contributed by atoms with Gasteiger partial charge in [-0.05, 0) is 43.7 Å². The molecule has 0 aromatic heterocycles. The van der Waals surface area contributed by atoms with Gasteiger partial charge in [-0.1, -0.05) is 43.5 Å². The first-order valence-electron chi connectivity index (χ1n) is 9.13. The molecule has 1 aliphatic carbocycles. The van der Waals surface area contributed by atoms with E-state index in [0.29, 0.717) is 18.3 Å². The zero-order valence-corrected chi connectivity index (χ0v) is 16.1. The van der Waals surface area contributed by atoms with Crippen molar-refractivity contribution in [3.8, 4) is 0 Å². The maximum atomic E-state index is 13.9. The van der Waals surface area contributed by atoms with E-state index in [1.165, 1.54) is 19.3 Å². The van der Waals surface area contributed by atoms with Gasteiger partial charge in [0, 0.05) is 12.6 Å². The zero-order valence-electron chi connectivity index (χ0n) is 15.3. The lowest BCUT2D eigenvalue weighted by Gasteiger charge is -2.31. The first-order chi connectivity index (χ1) is 12.9. The molecule has 0 saturated heterocycles. The lowest BCUT2D eigenvalue weighted by Crippen LogP contribution is -2.33. The number of benzene rings is 2. The van der Waals surface area contributed by atoms with E-state index in [2.05, 4.69) is 9.62 Å². The highest BCUT2D eigenvalue weighted by Crippen LogP contribution is 2.27. The topological polar surface area (TPSA) is 49.4 Å². The highest BCUT2D eigenvalue weighted by atomic mass is 32.2. The van der Waals surface area contributed by atoms with E-state index in [9.17, 15) is 17.2 Å². The molecule has 0 unspecified atom stereocenters. The van der Waals surface area contributed by atoms with E-state index in [0.717, 1.165) is 36.6 Å². The summed E-state index contributed by atoms with van der Waals surface area (Å²) in [6.45, 7) is 0.559. The van der Waals surface area contributed by atoms with Crippen LogP contribution in [0.3, 0.4) is 0 Å². The number of para-hydroxylation sites is 1. The minimum atomic E-state index is -4.38. The van der Waals surface area contributed by atoms with Crippen LogP contribution < -0.4 is 4.72 Å². The summed E-state index contributed by atoms with van der Waals surface area (Å²) in [5.74, 6) is -2.22. The van der Waals surface area contributed by atoms with Gasteiger partial charge in [-0.3, -0.25) is 9.62 Å². The Labute approximate surface area is 159 Å². The maximum Gasteiger partial charge on any atom is 0.267 e. The first-order valence-corrected chi connectivity index (χ1v) is 10.6. The third kappa shape index (κ3) is 4.65. The Bertz CT molecular complexity index is 876. The molecule has 0 radical (unpaired) electrons. The Kier molecular flexibility index (Phi) is 6.11. The van der Waals surface area contributed by atoms with Crippen LogP contribution in [-0.4, -0.2) is 26.4 Å². The number of halogens is 2. The van der Waals surface area contributed by atoms with Crippen LogP contribution >= 0.6 is 0 Å². The number of rotatable bonds is 6. The van der Waals surface area contributed by atoms with Gasteiger partial charge in [-0.15, -0.1) is 0 Å². The molecule has 2 aromatic carbocycles. The molecule has 0 atom stereocenters. The summed E-state index contributed by atoms with van der Waals surface area (Å²) in [6.07, 6.45) is 5.93. The van der Waals surface area contributed by atoms with Crippen molar-refractivity contribution in [2.75, 3.05) is 11.8 Å². The van der Waals surface area contributed by atoms with Crippen LogP contribution in [0.4, 0.5) is 14.5 Å². The molecule has 0 amide bonds. The van der Waals surface area contributed by atoms with Crippen LogP contribution in [0.2, 0.25) is 0 Å². The second kappa shape index (κ2) is 8.35. The molecule has 4 nitrogen and oxygen atoms in total. The second-order valence-corrected chi connectivity index (χ2v) is 8.64. The van der Waals surface area contributed by atoms with Crippen molar-refractivity contribution in [1.82, 2.24) is 4.90 Å². The summed E-state index contributed by atoms with van der Waals surface area (Å²) in [4.78, 5) is 1.26. The summed E-state index contributed by atoms with van der Waals surface area (Å²) in [5.41, 5.74) is 1.11. The molecule has 7 heteroatoms. The fourth-order valence-electron chi connectivity index (χ4n) is 3.61. The third-order valence-corrected chi connectivity index (χ3v) is 6.48. The minimum absolute atomic E-state index is 0.336. The molecule has 1 fully saturated rings. The number of nitrogens with one attached hydrogen (secondary N) is 1. The number of nitrogens with zero attached hydrogens (tertiary/aromatic N) is 1. The van der Waals surface area contributed by atoms with Crippen LogP contribution in [0, 0.1) is 11.6 Å². The molecule has 1 saturated carbocycles. The summed E-state index contributed by atoms with van der Waals surface area (Å²) in [7, 11) is -2.35. The molecule has 1 N–H and O–H groups in total. The van der Waals surface area contributed by atoms with Gasteiger partial charge >= 0.3 is 0 Å². The van der Waals surface area contributed by atoms with Crippen molar-refractivity contribution in [2.45, 2.75) is 49.6 Å². The van der Waals surface area contributed by atoms with Crippen LogP contribution in [0.15, 0.2) is 47.4 Å². The number of anilines is 1. The summed E-state index contributed by atoms with van der Waals surface area (Å²) in [5, 5.41) is 0. The molecular formula is C20H24F2N2O2S. The molecule has 0 aliphatic heterocycles. The monoisotopic (exact) mass is 394 g/mol. The molecule has 146 valence electrons. The second-order valence-electron chi connectivity index (χ2n) is 7.02. The molecule has 3 rings (SSSR count). The molecule has 0 bridgehead atoms. The van der Waals surface area contributed by atoms with Crippen molar-refractivity contribution in [3.05, 3.63) is 59.7 Å². The molecule has 0 heterocycles. The molecular weight excluding hydrogens is 370 g/mol. The SMILES string of the molecule is CN(Cc1ccccc1NS(=O)(=O)c1c(F)cccc1F)C1CCCCC1. The number of hydrogen-bond acceptors (Lipinski definition) is 3. The van der Waals surface area contributed by atoms with Gasteiger partial charge in [0.05, 0.1) is 5.69 Å². The number of hydrogen-bond donors (Lipinski definition) is 1. The lowest BCUT2D eigenvalue weighted by molar-refractivity contribution is 0.185. The van der Waals surface area contributed by atoms with Crippen LogP contribution in [0.5, 0.6) is 0 Å². The molecule has 1 aliphatic rings. The van der Waals surface area contributed by atoms with E-state index < -0.39 is 26.6 Å². The van der Waals surface area contributed by atoms with Gasteiger partial charge in [0.15, 0.2) is 4.90 Å². The zero-order chi connectivity index (χ0) is 19.4. The van der Waals surface area contributed by atoms with Crippen molar-refractivity contribution >= 4 is 15.7 Å². The average Bonchev–Trinajstić information content (AvgIpc) is 2.63. The minimum Gasteiger partial charge on any atom is -0.299 e. The largest absolute Gasteiger partial charge is 0.299 e. The van der Waals surface area contributed by atoms with E-state index in [4.69, 9.17) is 0 Å². The van der Waals surface area contributed by atoms with Gasteiger partial charge in [-0.2, -0.15) is 0 Å². The predicted octanol–water partition coefficient (Wildman–Crippen LogP) is 4.53. The highest BCUT2D eigenvalue weighted by Gasteiger charge is 2.25. The van der Waals surface area contributed by atoms with Crippen molar-refractivity contribution < 1.29 is 17.2 Å². The van der Waals surface area contributed by atoms with E-state index in [1.54, 1.807) is 12.1 Å². The summed E-state index contributed by atoms with van der Waals surface area (Å²) in [6, 6.07) is 10.4. The van der Waals surface area contributed by atoms with Gasteiger partial charge in [0.25, 0.3) is 10.0 Å². The van der Waals surface area contributed by atoms with E-state index in [1.807, 2.05) is 19.2 Å². The Morgan fingerprint density at radius 2 is 1.63 bits per heavy atom. The van der Waals surface area contributed by atoms with Crippen molar-refractivity contribution in [2.24, 2.45) is 0 Å². The van der Waals surface area contributed by atoms with Crippen LogP contribution in [-0.2, 0) is 16.6 Å². The number of sulfonamides is 1. The maximum absolute atomic E-state index is 13.9. The van der Waals surface area contributed by atoms with Gasteiger partial charge < -0.3 is 0 Å². The van der Waals surface area contributed by atoms with Gasteiger partial charge in [-0.25, -0.2) is 17.2 Å². The Balaban J connectivity index is 1.83. The molecule has 27 heavy (non-hydrogen) atoms. The van der Waals surface area contributed by atoms with Gasteiger partial charge in [0.1, 0.15) is 11.6 Å². The first kappa shape index (κ1) is 19.8. The molecule has 0 spiro atoms. The van der Waals surface area contributed by atoms with Crippen molar-refractivity contribution in [3.63, 3.8) is 0 Å².